The molecular weight excluding hydrogens is 289 g/mol. The van der Waals surface area contributed by atoms with E-state index in [1.807, 2.05) is 6.92 Å². The Bertz CT molecular complexity index is 631. The summed E-state index contributed by atoms with van der Waals surface area (Å²) in [5, 5.41) is 22.6. The van der Waals surface area contributed by atoms with Crippen molar-refractivity contribution in [2.24, 2.45) is 0 Å². The van der Waals surface area contributed by atoms with Crippen molar-refractivity contribution in [3.8, 4) is 0 Å². The summed E-state index contributed by atoms with van der Waals surface area (Å²) in [7, 11) is 0. The number of benzene rings is 1. The molecule has 0 radical (unpaired) electrons. The van der Waals surface area contributed by atoms with Crippen LogP contribution in [0.15, 0.2) is 30.6 Å². The average Bonchev–Trinajstić information content (AvgIpc) is 2.98. The van der Waals surface area contributed by atoms with E-state index < -0.39 is 18.0 Å². The summed E-state index contributed by atoms with van der Waals surface area (Å²) in [4.78, 5) is 11.7. The molecule has 1 aromatic carbocycles. The van der Waals surface area contributed by atoms with Gasteiger partial charge in [0.05, 0.1) is 12.6 Å². The summed E-state index contributed by atoms with van der Waals surface area (Å²) in [5.41, 5.74) is 0.147. The number of carbonyl (C=O) groups is 1. The predicted octanol–water partition coefficient (Wildman–Crippen LogP) is 0.970. The second-order valence-electron chi connectivity index (χ2n) is 4.63. The van der Waals surface area contributed by atoms with Gasteiger partial charge in [-0.3, -0.25) is 0 Å². The highest BCUT2D eigenvalue weighted by molar-refractivity contribution is 5.73. The van der Waals surface area contributed by atoms with Crippen LogP contribution in [0.2, 0.25) is 0 Å². The summed E-state index contributed by atoms with van der Waals surface area (Å²) < 4.78 is 15.3. The Morgan fingerprint density at radius 2 is 2.18 bits per heavy atom. The Hall–Kier alpha value is -2.48. The number of aromatic nitrogens is 3. The van der Waals surface area contributed by atoms with Gasteiger partial charge in [-0.05, 0) is 13.0 Å². The van der Waals surface area contributed by atoms with Crippen LogP contribution in [0.4, 0.5) is 9.18 Å². The SMILES string of the molecule is CCn1cnnc1CNC(=O)NCC(O)c1ccccc1F. The number of nitrogens with zero attached hydrogens (tertiary/aromatic N) is 3. The first-order valence-corrected chi connectivity index (χ1v) is 6.92. The van der Waals surface area contributed by atoms with E-state index in [0.717, 1.165) is 0 Å². The molecule has 118 valence electrons. The number of aryl methyl sites for hydroxylation is 1. The number of halogens is 1. The number of aliphatic hydroxyl groups is 1. The van der Waals surface area contributed by atoms with Crippen LogP contribution in [0.5, 0.6) is 0 Å². The second-order valence-corrected chi connectivity index (χ2v) is 4.63. The van der Waals surface area contributed by atoms with Gasteiger partial charge in [-0.25, -0.2) is 9.18 Å². The van der Waals surface area contributed by atoms with Crippen molar-refractivity contribution in [1.82, 2.24) is 25.4 Å². The number of hydrogen-bond donors (Lipinski definition) is 3. The van der Waals surface area contributed by atoms with E-state index in [1.165, 1.54) is 18.2 Å². The highest BCUT2D eigenvalue weighted by atomic mass is 19.1. The fraction of sp³-hybridized carbons (Fsp3) is 0.357. The third-order valence-corrected chi connectivity index (χ3v) is 3.16. The molecule has 1 aromatic heterocycles. The third-order valence-electron chi connectivity index (χ3n) is 3.16. The van der Waals surface area contributed by atoms with E-state index in [4.69, 9.17) is 0 Å². The smallest absolute Gasteiger partial charge is 0.315 e. The lowest BCUT2D eigenvalue weighted by Gasteiger charge is -2.13. The monoisotopic (exact) mass is 307 g/mol. The maximum absolute atomic E-state index is 13.5. The molecule has 2 rings (SSSR count). The van der Waals surface area contributed by atoms with Gasteiger partial charge in [0.15, 0.2) is 5.82 Å². The van der Waals surface area contributed by atoms with Crippen LogP contribution in [0.1, 0.15) is 24.4 Å². The molecule has 0 saturated carbocycles. The first-order chi connectivity index (χ1) is 10.6. The zero-order valence-corrected chi connectivity index (χ0v) is 12.2. The van der Waals surface area contributed by atoms with Crippen LogP contribution < -0.4 is 10.6 Å². The van der Waals surface area contributed by atoms with E-state index in [-0.39, 0.29) is 18.7 Å². The standard InChI is InChI=1S/C14H18FN5O2/c1-2-20-9-18-19-13(20)8-17-14(22)16-7-12(21)10-5-3-4-6-11(10)15/h3-6,9,12,21H,2,7-8H2,1H3,(H2,16,17,22). The molecule has 1 atom stereocenters. The maximum Gasteiger partial charge on any atom is 0.315 e. The number of carbonyl (C=O) groups excluding carboxylic acids is 1. The Kier molecular flexibility index (Phi) is 5.42. The molecule has 0 spiro atoms. The van der Waals surface area contributed by atoms with Crippen molar-refractivity contribution in [2.45, 2.75) is 26.1 Å². The minimum atomic E-state index is -1.11. The van der Waals surface area contributed by atoms with Crippen LogP contribution >= 0.6 is 0 Å². The minimum Gasteiger partial charge on any atom is -0.386 e. The second kappa shape index (κ2) is 7.51. The number of aliphatic hydroxyl groups excluding tert-OH is 1. The molecule has 0 aliphatic heterocycles. The largest absolute Gasteiger partial charge is 0.386 e. The van der Waals surface area contributed by atoms with E-state index in [9.17, 15) is 14.3 Å². The lowest BCUT2D eigenvalue weighted by atomic mass is 10.1. The summed E-state index contributed by atoms with van der Waals surface area (Å²) in [6.45, 7) is 2.78. The molecule has 8 heteroatoms. The zero-order chi connectivity index (χ0) is 15.9. The zero-order valence-electron chi connectivity index (χ0n) is 12.2. The lowest BCUT2D eigenvalue weighted by Crippen LogP contribution is -2.38. The van der Waals surface area contributed by atoms with E-state index in [1.54, 1.807) is 17.0 Å². The molecule has 0 aliphatic rings. The molecule has 2 aromatic rings. The Morgan fingerprint density at radius 3 is 2.91 bits per heavy atom. The van der Waals surface area contributed by atoms with Gasteiger partial charge in [-0.1, -0.05) is 18.2 Å². The van der Waals surface area contributed by atoms with Gasteiger partial charge in [0.1, 0.15) is 12.1 Å². The Morgan fingerprint density at radius 1 is 1.41 bits per heavy atom. The number of urea groups is 1. The molecule has 0 fully saturated rings. The van der Waals surface area contributed by atoms with Gasteiger partial charge in [0.2, 0.25) is 0 Å². The summed E-state index contributed by atoms with van der Waals surface area (Å²) in [6.07, 6.45) is 0.475. The molecule has 0 saturated heterocycles. The van der Waals surface area contributed by atoms with Crippen LogP contribution in [-0.4, -0.2) is 32.4 Å². The third kappa shape index (κ3) is 4.01. The van der Waals surface area contributed by atoms with Gasteiger partial charge < -0.3 is 20.3 Å². The summed E-state index contributed by atoms with van der Waals surface area (Å²) in [6, 6.07) is 5.43. The van der Waals surface area contributed by atoms with E-state index in [2.05, 4.69) is 20.8 Å². The van der Waals surface area contributed by atoms with Gasteiger partial charge in [0, 0.05) is 18.7 Å². The van der Waals surface area contributed by atoms with Gasteiger partial charge in [-0.15, -0.1) is 10.2 Å². The van der Waals surface area contributed by atoms with Crippen molar-refractivity contribution in [3.05, 3.63) is 47.8 Å². The molecular formula is C14H18FN5O2. The van der Waals surface area contributed by atoms with E-state index >= 15 is 0 Å². The molecule has 0 bridgehead atoms. The molecule has 0 aliphatic carbocycles. The van der Waals surface area contributed by atoms with Crippen LogP contribution in [0.25, 0.3) is 0 Å². The molecule has 1 unspecified atom stereocenters. The topological polar surface area (TPSA) is 92.1 Å². The molecule has 22 heavy (non-hydrogen) atoms. The summed E-state index contributed by atoms with van der Waals surface area (Å²) >= 11 is 0. The maximum atomic E-state index is 13.5. The number of rotatable bonds is 6. The van der Waals surface area contributed by atoms with Crippen LogP contribution in [0, 0.1) is 5.82 Å². The lowest BCUT2D eigenvalue weighted by molar-refractivity contribution is 0.169. The molecule has 7 nitrogen and oxygen atoms in total. The van der Waals surface area contributed by atoms with Crippen molar-refractivity contribution in [1.29, 1.82) is 0 Å². The van der Waals surface area contributed by atoms with E-state index in [0.29, 0.717) is 12.4 Å². The fourth-order valence-corrected chi connectivity index (χ4v) is 1.95. The van der Waals surface area contributed by atoms with Gasteiger partial charge >= 0.3 is 6.03 Å². The van der Waals surface area contributed by atoms with Crippen molar-refractivity contribution >= 4 is 6.03 Å². The van der Waals surface area contributed by atoms with Crippen molar-refractivity contribution < 1.29 is 14.3 Å². The van der Waals surface area contributed by atoms with Crippen LogP contribution in [0.3, 0.4) is 0 Å². The highest BCUT2D eigenvalue weighted by Gasteiger charge is 2.13. The minimum absolute atomic E-state index is 0.0900. The first-order valence-electron chi connectivity index (χ1n) is 6.92. The molecule has 2 amide bonds. The average molecular weight is 307 g/mol. The van der Waals surface area contributed by atoms with Gasteiger partial charge in [-0.2, -0.15) is 0 Å². The fourth-order valence-electron chi connectivity index (χ4n) is 1.95. The highest BCUT2D eigenvalue weighted by Crippen LogP contribution is 2.15. The molecule has 3 N–H and O–H groups in total. The quantitative estimate of drug-likeness (QED) is 0.741. The normalized spacial score (nSPS) is 12.0. The number of amides is 2. The summed E-state index contributed by atoms with van der Waals surface area (Å²) in [5.74, 6) is 0.126. The molecule has 1 heterocycles. The van der Waals surface area contributed by atoms with Gasteiger partial charge in [0.25, 0.3) is 0 Å². The number of nitrogens with one attached hydrogen (secondary N) is 2. The van der Waals surface area contributed by atoms with Crippen molar-refractivity contribution in [3.63, 3.8) is 0 Å². The Labute approximate surface area is 127 Å². The van der Waals surface area contributed by atoms with Crippen LogP contribution in [-0.2, 0) is 13.1 Å². The van der Waals surface area contributed by atoms with Crippen molar-refractivity contribution in [2.75, 3.05) is 6.54 Å². The first kappa shape index (κ1) is 15.9. The Balaban J connectivity index is 1.79. The number of hydrogen-bond acceptors (Lipinski definition) is 4. The predicted molar refractivity (Wildman–Crippen MR) is 77.3 cm³/mol.